The van der Waals surface area contributed by atoms with E-state index in [1.807, 2.05) is 19.0 Å². The van der Waals surface area contributed by atoms with Crippen LogP contribution in [0.4, 0.5) is 5.69 Å². The van der Waals surface area contributed by atoms with Crippen molar-refractivity contribution in [3.8, 4) is 0 Å². The number of sulfonamides is 1. The van der Waals surface area contributed by atoms with Crippen molar-refractivity contribution in [3.05, 3.63) is 23.8 Å². The van der Waals surface area contributed by atoms with Crippen LogP contribution >= 0.6 is 0 Å². The second-order valence-corrected chi connectivity index (χ2v) is 6.70. The number of hydrogen-bond donors (Lipinski definition) is 3. The van der Waals surface area contributed by atoms with Crippen LogP contribution in [0.5, 0.6) is 0 Å². The topological polar surface area (TPSA) is 113 Å². The molecule has 0 saturated heterocycles. The molecule has 0 atom stereocenters. The van der Waals surface area contributed by atoms with E-state index in [9.17, 15) is 13.2 Å². The maximum atomic E-state index is 12.2. The number of nitrogens with two attached hydrogens (primary N) is 1. The van der Waals surface area contributed by atoms with Gasteiger partial charge in [0, 0.05) is 12.2 Å². The number of carboxylic acid groups (broad SMARTS) is 1. The van der Waals surface area contributed by atoms with E-state index in [-0.39, 0.29) is 22.7 Å². The van der Waals surface area contributed by atoms with E-state index < -0.39 is 16.0 Å². The van der Waals surface area contributed by atoms with E-state index in [0.717, 1.165) is 19.0 Å². The molecule has 4 N–H and O–H groups in total. The quantitative estimate of drug-likeness (QED) is 0.478. The molecular formula is C13H21N3O4S. The van der Waals surface area contributed by atoms with E-state index in [4.69, 9.17) is 10.8 Å². The molecule has 0 bridgehead atoms. The summed E-state index contributed by atoms with van der Waals surface area (Å²) in [6.45, 7) is 1.12. The second kappa shape index (κ2) is 7.39. The van der Waals surface area contributed by atoms with Crippen LogP contribution in [-0.2, 0) is 10.0 Å². The maximum Gasteiger partial charge on any atom is 0.337 e. The number of nitrogens with zero attached hydrogens (tertiary/aromatic N) is 1. The van der Waals surface area contributed by atoms with Crippen molar-refractivity contribution in [2.45, 2.75) is 17.7 Å². The maximum absolute atomic E-state index is 12.2. The van der Waals surface area contributed by atoms with Crippen LogP contribution in [0.15, 0.2) is 23.1 Å². The molecule has 0 fully saturated rings. The smallest absolute Gasteiger partial charge is 0.337 e. The highest BCUT2D eigenvalue weighted by molar-refractivity contribution is 7.89. The summed E-state index contributed by atoms with van der Waals surface area (Å²) in [4.78, 5) is 12.8. The van der Waals surface area contributed by atoms with Crippen LogP contribution in [0.1, 0.15) is 23.2 Å². The normalized spacial score (nSPS) is 11.8. The fourth-order valence-corrected chi connectivity index (χ4v) is 3.08. The third-order valence-corrected chi connectivity index (χ3v) is 4.35. The predicted molar refractivity (Wildman–Crippen MR) is 80.8 cm³/mol. The molecule has 0 unspecified atom stereocenters. The number of anilines is 1. The van der Waals surface area contributed by atoms with Gasteiger partial charge in [0.25, 0.3) is 0 Å². The molecule has 0 aliphatic carbocycles. The van der Waals surface area contributed by atoms with Crippen molar-refractivity contribution >= 4 is 21.7 Å². The average molecular weight is 315 g/mol. The fraction of sp³-hybridized carbons (Fsp3) is 0.462. The van der Waals surface area contributed by atoms with Gasteiger partial charge < -0.3 is 15.7 Å². The first kappa shape index (κ1) is 17.4. The van der Waals surface area contributed by atoms with E-state index in [1.54, 1.807) is 0 Å². The molecule has 0 saturated carbocycles. The lowest BCUT2D eigenvalue weighted by molar-refractivity contribution is 0.0692. The van der Waals surface area contributed by atoms with Crippen LogP contribution < -0.4 is 10.5 Å². The van der Waals surface area contributed by atoms with Crippen LogP contribution in [0.25, 0.3) is 0 Å². The lowest BCUT2D eigenvalue weighted by Crippen LogP contribution is -2.27. The Hall–Kier alpha value is -1.64. The summed E-state index contributed by atoms with van der Waals surface area (Å²) < 4.78 is 26.7. The number of carboxylic acids is 1. The van der Waals surface area contributed by atoms with E-state index in [1.165, 1.54) is 12.1 Å². The minimum atomic E-state index is -3.88. The van der Waals surface area contributed by atoms with Crippen LogP contribution in [0.3, 0.4) is 0 Å². The number of nitrogens with one attached hydrogen (secondary N) is 1. The average Bonchev–Trinajstić information content (AvgIpc) is 2.37. The lowest BCUT2D eigenvalue weighted by atomic mass is 10.2. The molecule has 7 nitrogen and oxygen atoms in total. The number of carbonyl (C=O) groups is 1. The summed E-state index contributed by atoms with van der Waals surface area (Å²) in [5, 5.41) is 9.05. The molecule has 0 amide bonds. The Balaban J connectivity index is 2.79. The first-order valence-electron chi connectivity index (χ1n) is 6.51. The standard InChI is InChI=1S/C13H21N3O4S/c1-16(2)8-4-3-7-15-21(19,20)12-9-10(14)5-6-11(12)13(17)18/h5-6,9,15H,3-4,7-8,14H2,1-2H3,(H,17,18). The van der Waals surface area contributed by atoms with Crippen LogP contribution in [-0.4, -0.2) is 51.6 Å². The SMILES string of the molecule is CN(C)CCCCNS(=O)(=O)c1cc(N)ccc1C(=O)O. The Morgan fingerprint density at radius 2 is 2.00 bits per heavy atom. The molecule has 0 heterocycles. The van der Waals surface area contributed by atoms with Gasteiger partial charge in [-0.1, -0.05) is 0 Å². The van der Waals surface area contributed by atoms with Crippen LogP contribution in [0, 0.1) is 0 Å². The molecule has 8 heteroatoms. The van der Waals surface area contributed by atoms with Gasteiger partial charge in [-0.25, -0.2) is 17.9 Å². The Morgan fingerprint density at radius 3 is 2.57 bits per heavy atom. The summed E-state index contributed by atoms with van der Waals surface area (Å²) >= 11 is 0. The van der Waals surface area contributed by atoms with Gasteiger partial charge >= 0.3 is 5.97 Å². The van der Waals surface area contributed by atoms with Gasteiger partial charge in [-0.3, -0.25) is 0 Å². The van der Waals surface area contributed by atoms with Crippen molar-refractivity contribution in [2.24, 2.45) is 0 Å². The number of aromatic carboxylic acids is 1. The molecule has 1 rings (SSSR count). The Morgan fingerprint density at radius 1 is 1.33 bits per heavy atom. The zero-order chi connectivity index (χ0) is 16.0. The number of nitrogen functional groups attached to an aromatic ring is 1. The lowest BCUT2D eigenvalue weighted by Gasteiger charge is -2.11. The molecule has 21 heavy (non-hydrogen) atoms. The number of benzene rings is 1. The molecule has 1 aromatic carbocycles. The summed E-state index contributed by atoms with van der Waals surface area (Å²) in [6.07, 6.45) is 1.51. The largest absolute Gasteiger partial charge is 0.478 e. The zero-order valence-corrected chi connectivity index (χ0v) is 13.0. The van der Waals surface area contributed by atoms with Crippen LogP contribution in [0.2, 0.25) is 0 Å². The van der Waals surface area contributed by atoms with Crippen molar-refractivity contribution in [3.63, 3.8) is 0 Å². The Kier molecular flexibility index (Phi) is 6.13. The molecule has 0 radical (unpaired) electrons. The second-order valence-electron chi connectivity index (χ2n) is 4.97. The summed E-state index contributed by atoms with van der Waals surface area (Å²) in [5.41, 5.74) is 5.46. The molecule has 0 spiro atoms. The summed E-state index contributed by atoms with van der Waals surface area (Å²) in [7, 11) is -0.00254. The van der Waals surface area contributed by atoms with Gasteiger partial charge in [0.2, 0.25) is 10.0 Å². The molecule has 1 aromatic rings. The van der Waals surface area contributed by atoms with E-state index >= 15 is 0 Å². The molecule has 118 valence electrons. The van der Waals surface area contributed by atoms with Crippen molar-refractivity contribution in [1.82, 2.24) is 9.62 Å². The van der Waals surface area contributed by atoms with Gasteiger partial charge in [-0.15, -0.1) is 0 Å². The zero-order valence-electron chi connectivity index (χ0n) is 12.2. The highest BCUT2D eigenvalue weighted by atomic mass is 32.2. The van der Waals surface area contributed by atoms with Crippen molar-refractivity contribution in [2.75, 3.05) is 32.9 Å². The minimum Gasteiger partial charge on any atom is -0.478 e. The fourth-order valence-electron chi connectivity index (χ4n) is 1.78. The number of rotatable bonds is 8. The molecular weight excluding hydrogens is 294 g/mol. The number of hydrogen-bond acceptors (Lipinski definition) is 5. The van der Waals surface area contributed by atoms with Gasteiger partial charge in [0.1, 0.15) is 0 Å². The highest BCUT2D eigenvalue weighted by Gasteiger charge is 2.22. The van der Waals surface area contributed by atoms with Crippen molar-refractivity contribution in [1.29, 1.82) is 0 Å². The molecule has 0 aliphatic heterocycles. The van der Waals surface area contributed by atoms with Gasteiger partial charge in [-0.05, 0) is 51.7 Å². The van der Waals surface area contributed by atoms with E-state index in [0.29, 0.717) is 6.42 Å². The summed E-state index contributed by atoms with van der Waals surface area (Å²) in [5.74, 6) is -1.30. The minimum absolute atomic E-state index is 0.202. The first-order chi connectivity index (χ1) is 9.74. The van der Waals surface area contributed by atoms with Gasteiger partial charge in [-0.2, -0.15) is 0 Å². The highest BCUT2D eigenvalue weighted by Crippen LogP contribution is 2.19. The Bertz CT molecular complexity index is 599. The first-order valence-corrected chi connectivity index (χ1v) is 7.99. The van der Waals surface area contributed by atoms with Gasteiger partial charge in [0.15, 0.2) is 0 Å². The summed E-state index contributed by atoms with van der Waals surface area (Å²) in [6, 6.07) is 3.71. The molecule has 0 aromatic heterocycles. The third kappa shape index (κ3) is 5.33. The monoisotopic (exact) mass is 315 g/mol. The molecule has 0 aliphatic rings. The van der Waals surface area contributed by atoms with E-state index in [2.05, 4.69) is 4.72 Å². The number of unbranched alkanes of at least 4 members (excludes halogenated alkanes) is 1. The van der Waals surface area contributed by atoms with Crippen molar-refractivity contribution < 1.29 is 18.3 Å². The Labute approximate surface area is 124 Å². The predicted octanol–water partition coefficient (Wildman–Crippen LogP) is 0.587. The third-order valence-electron chi connectivity index (χ3n) is 2.85. The van der Waals surface area contributed by atoms with Gasteiger partial charge in [0.05, 0.1) is 10.5 Å².